The van der Waals surface area contributed by atoms with E-state index in [1.54, 1.807) is 0 Å². The minimum absolute atomic E-state index is 0.0116. The highest BCUT2D eigenvalue weighted by Gasteiger charge is 2.03. The Morgan fingerprint density at radius 2 is 1.31 bits per heavy atom. The number of hydrogen-bond acceptors (Lipinski definition) is 4. The molecule has 0 spiro atoms. The van der Waals surface area contributed by atoms with Crippen LogP contribution in [0.5, 0.6) is 0 Å². The summed E-state index contributed by atoms with van der Waals surface area (Å²) in [6.07, 6.45) is 9.96. The summed E-state index contributed by atoms with van der Waals surface area (Å²) in [5, 5.41) is 0. The maximum Gasteiger partial charge on any atom is 0.267 e. The third kappa shape index (κ3) is 13.3. The Morgan fingerprint density at radius 1 is 0.769 bits per heavy atom. The summed E-state index contributed by atoms with van der Waals surface area (Å²) in [6, 6.07) is 8.75. The lowest BCUT2D eigenvalue weighted by molar-refractivity contribution is 0.0544. The zero-order chi connectivity index (χ0) is 19.1. The van der Waals surface area contributed by atoms with Crippen LogP contribution in [0.2, 0.25) is 0 Å². The zero-order valence-electron chi connectivity index (χ0n) is 16.0. The number of benzene rings is 1. The van der Waals surface area contributed by atoms with Crippen LogP contribution in [0.3, 0.4) is 0 Å². The van der Waals surface area contributed by atoms with Crippen LogP contribution in [0.25, 0.3) is 0 Å². The zero-order valence-corrected chi connectivity index (χ0v) is 16.8. The fourth-order valence-corrected chi connectivity index (χ4v) is 2.99. The van der Waals surface area contributed by atoms with Crippen LogP contribution in [-0.4, -0.2) is 45.2 Å². The molecule has 0 atom stereocenters. The summed E-state index contributed by atoms with van der Waals surface area (Å²) in [5.41, 5.74) is 2.65. The number of unbranched alkanes of at least 4 members (excludes halogenated alkanes) is 5. The van der Waals surface area contributed by atoms with Gasteiger partial charge >= 0.3 is 0 Å². The average molecular weight is 387 g/mol. The molecule has 1 N–H and O–H groups in total. The van der Waals surface area contributed by atoms with Gasteiger partial charge in [0.2, 0.25) is 0 Å². The van der Waals surface area contributed by atoms with Crippen LogP contribution in [-0.2, 0) is 32.4 Å². The molecule has 0 unspecified atom stereocenters. The van der Waals surface area contributed by atoms with Crippen molar-refractivity contribution in [1.82, 2.24) is 0 Å². The number of ether oxygens (including phenoxy) is 2. The molecule has 6 heteroatoms. The molecule has 0 fully saturated rings. The number of rotatable bonds is 16. The first kappa shape index (κ1) is 23.1. The van der Waals surface area contributed by atoms with E-state index in [1.165, 1.54) is 49.7 Å². The van der Waals surface area contributed by atoms with Crippen molar-refractivity contribution in [1.29, 1.82) is 0 Å². The molecule has 1 rings (SSSR count). The Balaban J connectivity index is 2.02. The summed E-state index contributed by atoms with van der Waals surface area (Å²) in [7, 11) is -3.94. The molecule has 0 aromatic heterocycles. The fourth-order valence-electron chi connectivity index (χ4n) is 2.66. The second-order valence-electron chi connectivity index (χ2n) is 6.60. The van der Waals surface area contributed by atoms with Crippen molar-refractivity contribution in [3.63, 3.8) is 0 Å². The highest BCUT2D eigenvalue weighted by Crippen LogP contribution is 2.11. The van der Waals surface area contributed by atoms with Gasteiger partial charge in [-0.25, -0.2) is 0 Å². The minimum atomic E-state index is -3.94. The van der Waals surface area contributed by atoms with Crippen molar-refractivity contribution < 1.29 is 22.4 Å². The van der Waals surface area contributed by atoms with Gasteiger partial charge in [0, 0.05) is 0 Å². The highest BCUT2D eigenvalue weighted by molar-refractivity contribution is 7.85. The van der Waals surface area contributed by atoms with E-state index in [-0.39, 0.29) is 12.4 Å². The van der Waals surface area contributed by atoms with E-state index in [9.17, 15) is 8.42 Å². The molecule has 5 nitrogen and oxygen atoms in total. The standard InChI is InChI=1S/C20H34O5S/c1-2-3-4-5-6-7-8-19-9-11-20(12-10-19)13-14-24-15-16-25-17-18-26(21,22)23/h9-12H,2-8,13-18H2,1H3,(H,21,22,23). The number of aryl methyl sites for hydroxylation is 1. The fraction of sp³-hybridized carbons (Fsp3) is 0.700. The highest BCUT2D eigenvalue weighted by atomic mass is 32.2. The molecule has 1 aromatic carbocycles. The SMILES string of the molecule is CCCCCCCCc1ccc(CCOCCOCCS(=O)(=O)O)cc1. The average Bonchev–Trinajstić information content (AvgIpc) is 2.60. The Hall–Kier alpha value is -0.950. The second-order valence-corrected chi connectivity index (χ2v) is 8.17. The topological polar surface area (TPSA) is 72.8 Å². The van der Waals surface area contributed by atoms with E-state index < -0.39 is 10.1 Å². The first-order valence-corrected chi connectivity index (χ1v) is 11.3. The van der Waals surface area contributed by atoms with E-state index in [0.717, 1.165) is 12.8 Å². The molecule has 26 heavy (non-hydrogen) atoms. The van der Waals surface area contributed by atoms with Crippen molar-refractivity contribution in [3.8, 4) is 0 Å². The van der Waals surface area contributed by atoms with Gasteiger partial charge in [-0.1, -0.05) is 63.3 Å². The van der Waals surface area contributed by atoms with Gasteiger partial charge in [-0.05, 0) is 30.4 Å². The summed E-state index contributed by atoms with van der Waals surface area (Å²) in [6.45, 7) is 3.59. The first-order chi connectivity index (χ1) is 12.5. The van der Waals surface area contributed by atoms with Gasteiger partial charge < -0.3 is 9.47 Å². The Bertz CT molecular complexity index is 554. The van der Waals surface area contributed by atoms with Gasteiger partial charge in [-0.3, -0.25) is 4.55 Å². The van der Waals surface area contributed by atoms with Gasteiger partial charge in [-0.2, -0.15) is 8.42 Å². The lowest BCUT2D eigenvalue weighted by Gasteiger charge is -2.07. The van der Waals surface area contributed by atoms with E-state index in [0.29, 0.717) is 19.8 Å². The molecule has 0 radical (unpaired) electrons. The lowest BCUT2D eigenvalue weighted by atomic mass is 10.0. The summed E-state index contributed by atoms with van der Waals surface area (Å²) in [5.74, 6) is -0.377. The summed E-state index contributed by atoms with van der Waals surface area (Å²) < 4.78 is 40.1. The van der Waals surface area contributed by atoms with Gasteiger partial charge in [0.25, 0.3) is 10.1 Å². The Morgan fingerprint density at radius 3 is 1.92 bits per heavy atom. The molecule has 150 valence electrons. The summed E-state index contributed by atoms with van der Waals surface area (Å²) in [4.78, 5) is 0. The van der Waals surface area contributed by atoms with Crippen molar-refractivity contribution in [2.75, 3.05) is 32.2 Å². The maximum atomic E-state index is 10.5. The van der Waals surface area contributed by atoms with Gasteiger partial charge in [0.05, 0.1) is 32.2 Å². The van der Waals surface area contributed by atoms with Crippen molar-refractivity contribution >= 4 is 10.1 Å². The van der Waals surface area contributed by atoms with E-state index in [2.05, 4.69) is 31.2 Å². The molecular formula is C20H34O5S. The van der Waals surface area contributed by atoms with Crippen LogP contribution in [0, 0.1) is 0 Å². The molecule has 0 aliphatic heterocycles. The quantitative estimate of drug-likeness (QED) is 0.343. The van der Waals surface area contributed by atoms with E-state index >= 15 is 0 Å². The van der Waals surface area contributed by atoms with Crippen LogP contribution < -0.4 is 0 Å². The van der Waals surface area contributed by atoms with Gasteiger partial charge in [-0.15, -0.1) is 0 Å². The van der Waals surface area contributed by atoms with Crippen LogP contribution in [0.15, 0.2) is 24.3 Å². The largest absolute Gasteiger partial charge is 0.379 e. The molecule has 0 aliphatic rings. The molecule has 0 amide bonds. The lowest BCUT2D eigenvalue weighted by Crippen LogP contribution is -2.13. The van der Waals surface area contributed by atoms with Gasteiger partial charge in [0.15, 0.2) is 0 Å². The maximum absolute atomic E-state index is 10.5. The molecule has 0 saturated heterocycles. The first-order valence-electron chi connectivity index (χ1n) is 9.69. The van der Waals surface area contributed by atoms with Crippen molar-refractivity contribution in [3.05, 3.63) is 35.4 Å². The van der Waals surface area contributed by atoms with E-state index in [4.69, 9.17) is 14.0 Å². The van der Waals surface area contributed by atoms with Crippen LogP contribution in [0.4, 0.5) is 0 Å². The second kappa shape index (κ2) is 14.2. The molecule has 1 aromatic rings. The van der Waals surface area contributed by atoms with Crippen LogP contribution in [0.1, 0.15) is 56.6 Å². The number of hydrogen-bond donors (Lipinski definition) is 1. The van der Waals surface area contributed by atoms with Crippen LogP contribution >= 0.6 is 0 Å². The Kier molecular flexibility index (Phi) is 12.6. The van der Waals surface area contributed by atoms with E-state index in [1.807, 2.05) is 0 Å². The molecular weight excluding hydrogens is 352 g/mol. The van der Waals surface area contributed by atoms with Gasteiger partial charge in [0.1, 0.15) is 0 Å². The third-order valence-electron chi connectivity index (χ3n) is 4.23. The summed E-state index contributed by atoms with van der Waals surface area (Å²) >= 11 is 0. The smallest absolute Gasteiger partial charge is 0.267 e. The van der Waals surface area contributed by atoms with Crippen molar-refractivity contribution in [2.24, 2.45) is 0 Å². The predicted molar refractivity (Wildman–Crippen MR) is 105 cm³/mol. The Labute approximate surface area is 158 Å². The van der Waals surface area contributed by atoms with Crippen molar-refractivity contribution in [2.45, 2.75) is 58.3 Å². The molecule has 0 saturated carbocycles. The third-order valence-corrected chi connectivity index (χ3v) is 4.92. The predicted octanol–water partition coefficient (Wildman–Crippen LogP) is 4.05. The monoisotopic (exact) mass is 386 g/mol. The molecule has 0 aliphatic carbocycles. The molecule has 0 bridgehead atoms. The normalized spacial score (nSPS) is 11.8. The molecule has 0 heterocycles. The minimum Gasteiger partial charge on any atom is -0.379 e.